The van der Waals surface area contributed by atoms with Crippen molar-refractivity contribution in [3.8, 4) is 0 Å². The molecular weight excluding hydrogens is 270 g/mol. The third-order valence-electron chi connectivity index (χ3n) is 3.97. The Morgan fingerprint density at radius 3 is 2.71 bits per heavy atom. The number of nitrogens with zero attached hydrogens (tertiary/aromatic N) is 1. The predicted molar refractivity (Wildman–Crippen MR) is 76.6 cm³/mol. The number of rotatable bonds is 1. The summed E-state index contributed by atoms with van der Waals surface area (Å²) in [5.41, 5.74) is 2.33. The Morgan fingerprint density at radius 2 is 2.00 bits per heavy atom. The van der Waals surface area contributed by atoms with Crippen LogP contribution in [-0.4, -0.2) is 34.8 Å². The van der Waals surface area contributed by atoms with Gasteiger partial charge in [-0.3, -0.25) is 19.7 Å². The van der Waals surface area contributed by atoms with Gasteiger partial charge in [0.1, 0.15) is 6.04 Å². The number of aryl methyl sites for hydroxylation is 1. The SMILES string of the molecule is Cc1ccc2c(c1)C(=O)N(C1CCC(=O)NC1=O)C(C)N2. The Labute approximate surface area is 122 Å². The topological polar surface area (TPSA) is 78.5 Å². The quantitative estimate of drug-likeness (QED) is 0.756. The lowest BCUT2D eigenvalue weighted by Crippen LogP contribution is -2.60. The maximum absolute atomic E-state index is 12.7. The second-order valence-corrected chi connectivity index (χ2v) is 5.55. The van der Waals surface area contributed by atoms with Crippen LogP contribution in [0.15, 0.2) is 18.2 Å². The van der Waals surface area contributed by atoms with Crippen molar-refractivity contribution in [1.82, 2.24) is 10.2 Å². The van der Waals surface area contributed by atoms with Crippen molar-refractivity contribution in [2.75, 3.05) is 5.32 Å². The molecule has 2 atom stereocenters. The van der Waals surface area contributed by atoms with E-state index in [0.29, 0.717) is 12.0 Å². The number of nitrogens with one attached hydrogen (secondary N) is 2. The van der Waals surface area contributed by atoms with Crippen molar-refractivity contribution in [2.24, 2.45) is 0 Å². The fraction of sp³-hybridized carbons (Fsp3) is 0.400. The van der Waals surface area contributed by atoms with Gasteiger partial charge in [0.25, 0.3) is 5.91 Å². The summed E-state index contributed by atoms with van der Waals surface area (Å²) in [6.45, 7) is 3.76. The van der Waals surface area contributed by atoms with E-state index < -0.39 is 11.9 Å². The number of fused-ring (bicyclic) bond motifs is 1. The van der Waals surface area contributed by atoms with Crippen LogP contribution in [0.1, 0.15) is 35.7 Å². The fourth-order valence-electron chi connectivity index (χ4n) is 2.93. The van der Waals surface area contributed by atoms with E-state index in [9.17, 15) is 14.4 Å². The molecule has 1 saturated heterocycles. The van der Waals surface area contributed by atoms with Gasteiger partial charge in [-0.1, -0.05) is 11.6 Å². The molecule has 6 nitrogen and oxygen atoms in total. The van der Waals surface area contributed by atoms with Gasteiger partial charge in [-0.15, -0.1) is 0 Å². The van der Waals surface area contributed by atoms with Gasteiger partial charge in [0, 0.05) is 12.1 Å². The number of piperidine rings is 1. The molecule has 21 heavy (non-hydrogen) atoms. The summed E-state index contributed by atoms with van der Waals surface area (Å²) in [4.78, 5) is 37.5. The second-order valence-electron chi connectivity index (χ2n) is 5.55. The summed E-state index contributed by atoms with van der Waals surface area (Å²) in [6, 6.07) is 5.02. The first-order valence-electron chi connectivity index (χ1n) is 7.01. The van der Waals surface area contributed by atoms with E-state index in [4.69, 9.17) is 0 Å². The molecule has 0 saturated carbocycles. The van der Waals surface area contributed by atoms with Crippen LogP contribution in [0.3, 0.4) is 0 Å². The molecule has 0 bridgehead atoms. The van der Waals surface area contributed by atoms with Crippen LogP contribution >= 0.6 is 0 Å². The predicted octanol–water partition coefficient (Wildman–Crippen LogP) is 1.01. The molecule has 0 radical (unpaired) electrons. The molecule has 3 rings (SSSR count). The minimum absolute atomic E-state index is 0.172. The van der Waals surface area contributed by atoms with Crippen LogP contribution in [0.5, 0.6) is 0 Å². The van der Waals surface area contributed by atoms with Gasteiger partial charge in [0.15, 0.2) is 0 Å². The zero-order valence-electron chi connectivity index (χ0n) is 12.0. The first-order valence-corrected chi connectivity index (χ1v) is 7.01. The maximum atomic E-state index is 12.7. The molecule has 0 aliphatic carbocycles. The van der Waals surface area contributed by atoms with E-state index in [1.165, 1.54) is 4.90 Å². The first-order chi connectivity index (χ1) is 9.97. The number of carbonyl (C=O) groups excluding carboxylic acids is 3. The Morgan fingerprint density at radius 1 is 1.24 bits per heavy atom. The van der Waals surface area contributed by atoms with E-state index in [0.717, 1.165) is 11.3 Å². The Balaban J connectivity index is 1.95. The third-order valence-corrected chi connectivity index (χ3v) is 3.97. The molecule has 6 heteroatoms. The van der Waals surface area contributed by atoms with Gasteiger partial charge in [-0.25, -0.2) is 0 Å². The summed E-state index contributed by atoms with van der Waals surface area (Å²) in [6.07, 6.45) is 0.327. The van der Waals surface area contributed by atoms with Gasteiger partial charge in [0.2, 0.25) is 11.8 Å². The van der Waals surface area contributed by atoms with Crippen LogP contribution in [0.4, 0.5) is 5.69 Å². The van der Waals surface area contributed by atoms with E-state index in [2.05, 4.69) is 10.6 Å². The Bertz CT molecular complexity index is 641. The summed E-state index contributed by atoms with van der Waals surface area (Å²) < 4.78 is 0. The molecule has 3 amide bonds. The number of benzene rings is 1. The van der Waals surface area contributed by atoms with E-state index in [1.54, 1.807) is 0 Å². The van der Waals surface area contributed by atoms with Crippen molar-refractivity contribution in [3.05, 3.63) is 29.3 Å². The lowest BCUT2D eigenvalue weighted by atomic mass is 9.99. The van der Waals surface area contributed by atoms with Crippen molar-refractivity contribution in [3.63, 3.8) is 0 Å². The van der Waals surface area contributed by atoms with Crippen molar-refractivity contribution in [1.29, 1.82) is 0 Å². The van der Waals surface area contributed by atoms with Crippen molar-refractivity contribution >= 4 is 23.4 Å². The molecule has 1 aromatic rings. The van der Waals surface area contributed by atoms with Crippen LogP contribution in [0, 0.1) is 6.92 Å². The molecule has 1 fully saturated rings. The van der Waals surface area contributed by atoms with E-state index in [-0.39, 0.29) is 24.4 Å². The van der Waals surface area contributed by atoms with Gasteiger partial charge in [0.05, 0.1) is 11.7 Å². The van der Waals surface area contributed by atoms with Crippen LogP contribution in [0.25, 0.3) is 0 Å². The molecule has 110 valence electrons. The average molecular weight is 287 g/mol. The first kappa shape index (κ1) is 13.6. The normalized spacial score (nSPS) is 25.2. The number of anilines is 1. The molecule has 0 spiro atoms. The van der Waals surface area contributed by atoms with Gasteiger partial charge >= 0.3 is 0 Å². The van der Waals surface area contributed by atoms with E-state index in [1.807, 2.05) is 32.0 Å². The monoisotopic (exact) mass is 287 g/mol. The smallest absolute Gasteiger partial charge is 0.258 e. The van der Waals surface area contributed by atoms with E-state index >= 15 is 0 Å². The Kier molecular flexibility index (Phi) is 3.16. The summed E-state index contributed by atoms with van der Waals surface area (Å²) in [7, 11) is 0. The number of hydrogen-bond acceptors (Lipinski definition) is 4. The average Bonchev–Trinajstić information content (AvgIpc) is 2.42. The van der Waals surface area contributed by atoms with Crippen LogP contribution in [0.2, 0.25) is 0 Å². The molecule has 2 aliphatic rings. The minimum atomic E-state index is -0.605. The highest BCUT2D eigenvalue weighted by Gasteiger charge is 2.40. The molecule has 2 aliphatic heterocycles. The third kappa shape index (κ3) is 2.26. The zero-order chi connectivity index (χ0) is 15.1. The highest BCUT2D eigenvalue weighted by atomic mass is 16.2. The summed E-state index contributed by atoms with van der Waals surface area (Å²) >= 11 is 0. The lowest BCUT2D eigenvalue weighted by Gasteiger charge is -2.41. The standard InChI is InChI=1S/C15H17N3O3/c1-8-3-4-11-10(7-8)15(21)18(9(2)16-11)12-5-6-13(19)17-14(12)20/h3-4,7,9,12,16H,5-6H2,1-2H3,(H,17,19,20). The van der Waals surface area contributed by atoms with Gasteiger partial charge in [-0.05, 0) is 32.4 Å². The maximum Gasteiger partial charge on any atom is 0.258 e. The van der Waals surface area contributed by atoms with Crippen LogP contribution < -0.4 is 10.6 Å². The number of hydrogen-bond donors (Lipinski definition) is 2. The van der Waals surface area contributed by atoms with Crippen molar-refractivity contribution < 1.29 is 14.4 Å². The molecule has 2 N–H and O–H groups in total. The number of imide groups is 1. The highest BCUT2D eigenvalue weighted by Crippen LogP contribution is 2.29. The largest absolute Gasteiger partial charge is 0.365 e. The summed E-state index contributed by atoms with van der Waals surface area (Å²) in [5.74, 6) is -0.851. The van der Waals surface area contributed by atoms with Crippen LogP contribution in [-0.2, 0) is 9.59 Å². The Hall–Kier alpha value is -2.37. The fourth-order valence-corrected chi connectivity index (χ4v) is 2.93. The minimum Gasteiger partial charge on any atom is -0.365 e. The zero-order valence-corrected chi connectivity index (χ0v) is 12.0. The molecular formula is C15H17N3O3. The molecule has 0 aromatic heterocycles. The molecule has 2 heterocycles. The number of amides is 3. The highest BCUT2D eigenvalue weighted by molar-refractivity contribution is 6.06. The lowest BCUT2D eigenvalue weighted by molar-refractivity contribution is -0.137. The molecule has 1 aromatic carbocycles. The second kappa shape index (κ2) is 4.87. The summed E-state index contributed by atoms with van der Waals surface area (Å²) in [5, 5.41) is 5.54. The number of carbonyl (C=O) groups is 3. The van der Waals surface area contributed by atoms with Gasteiger partial charge in [-0.2, -0.15) is 0 Å². The molecule has 2 unspecified atom stereocenters. The van der Waals surface area contributed by atoms with Gasteiger partial charge < -0.3 is 10.2 Å². The van der Waals surface area contributed by atoms with Crippen molar-refractivity contribution in [2.45, 2.75) is 38.9 Å².